The molecule has 3 rings (SSSR count). The molecule has 144 valence electrons. The van der Waals surface area contributed by atoms with E-state index in [1.807, 2.05) is 31.2 Å². The maximum absolute atomic E-state index is 12.5. The Morgan fingerprint density at radius 2 is 1.86 bits per heavy atom. The summed E-state index contributed by atoms with van der Waals surface area (Å²) in [5, 5.41) is 11.0. The Kier molecular flexibility index (Phi) is 5.79. The average Bonchev–Trinajstić information content (AvgIpc) is 3.03. The van der Waals surface area contributed by atoms with Crippen LogP contribution in [0.2, 0.25) is 0 Å². The maximum atomic E-state index is 12.5. The van der Waals surface area contributed by atoms with Gasteiger partial charge in [-0.05, 0) is 32.9 Å². The molecule has 1 heterocycles. The molecule has 2 aromatic carbocycles. The van der Waals surface area contributed by atoms with Crippen molar-refractivity contribution in [3.05, 3.63) is 59.7 Å². The molecule has 7 nitrogen and oxygen atoms in total. The third-order valence-corrected chi connectivity index (χ3v) is 5.22. The van der Waals surface area contributed by atoms with E-state index in [4.69, 9.17) is 5.84 Å². The summed E-state index contributed by atoms with van der Waals surface area (Å²) < 4.78 is 1.38. The Bertz CT molecular complexity index is 1010. The van der Waals surface area contributed by atoms with Crippen LogP contribution in [0.3, 0.4) is 0 Å². The van der Waals surface area contributed by atoms with E-state index in [2.05, 4.69) is 15.5 Å². The van der Waals surface area contributed by atoms with Crippen molar-refractivity contribution in [1.29, 1.82) is 0 Å². The fourth-order valence-electron chi connectivity index (χ4n) is 2.53. The van der Waals surface area contributed by atoms with E-state index in [0.29, 0.717) is 22.2 Å². The Labute approximate surface area is 167 Å². The molecule has 0 aliphatic heterocycles. The van der Waals surface area contributed by atoms with Crippen molar-refractivity contribution in [3.8, 4) is 11.4 Å². The van der Waals surface area contributed by atoms with Crippen molar-refractivity contribution in [2.24, 2.45) is 0 Å². The predicted molar refractivity (Wildman–Crippen MR) is 111 cm³/mol. The summed E-state index contributed by atoms with van der Waals surface area (Å²) >= 11 is 1.21. The van der Waals surface area contributed by atoms with Gasteiger partial charge < -0.3 is 11.2 Å². The van der Waals surface area contributed by atoms with Crippen LogP contribution in [0.1, 0.15) is 29.8 Å². The van der Waals surface area contributed by atoms with Crippen LogP contribution in [0.5, 0.6) is 0 Å². The molecular weight excluding hydrogens is 374 g/mol. The second-order valence-electron chi connectivity index (χ2n) is 6.43. The van der Waals surface area contributed by atoms with Crippen molar-refractivity contribution >= 4 is 29.1 Å². The summed E-state index contributed by atoms with van der Waals surface area (Å²) in [6.07, 6.45) is 0. The maximum Gasteiger partial charge on any atom is 0.237 e. The van der Waals surface area contributed by atoms with Crippen molar-refractivity contribution in [3.63, 3.8) is 0 Å². The molecule has 3 N–H and O–H groups in total. The second-order valence-corrected chi connectivity index (χ2v) is 7.74. The van der Waals surface area contributed by atoms with Crippen LogP contribution in [0.25, 0.3) is 11.4 Å². The normalized spacial score (nSPS) is 11.8. The Morgan fingerprint density at radius 3 is 2.54 bits per heavy atom. The molecule has 0 aliphatic rings. The number of aryl methyl sites for hydroxylation is 1. The molecule has 0 fully saturated rings. The summed E-state index contributed by atoms with van der Waals surface area (Å²) in [5.74, 6) is 6.39. The number of rotatable bonds is 6. The highest BCUT2D eigenvalue weighted by Gasteiger charge is 2.20. The minimum atomic E-state index is -0.460. The van der Waals surface area contributed by atoms with E-state index in [9.17, 15) is 9.59 Å². The van der Waals surface area contributed by atoms with Gasteiger partial charge in [-0.1, -0.05) is 53.7 Å². The number of Topliss-reactive ketones (excluding diaryl/α,β-unsaturated/α-hetero) is 1. The molecule has 3 aromatic rings. The number of aromatic nitrogens is 3. The van der Waals surface area contributed by atoms with E-state index in [-0.39, 0.29) is 11.7 Å². The molecular formula is C20H21N5O2S. The van der Waals surface area contributed by atoms with Crippen molar-refractivity contribution in [2.45, 2.75) is 31.2 Å². The number of nitrogen functional groups attached to an aromatic ring is 1. The van der Waals surface area contributed by atoms with Gasteiger partial charge in [0.1, 0.15) is 0 Å². The molecule has 0 aliphatic carbocycles. The van der Waals surface area contributed by atoms with Gasteiger partial charge in [0.15, 0.2) is 11.6 Å². The van der Waals surface area contributed by atoms with E-state index < -0.39 is 5.25 Å². The zero-order chi connectivity index (χ0) is 20.3. The van der Waals surface area contributed by atoms with Gasteiger partial charge >= 0.3 is 0 Å². The SMILES string of the molecule is CC(=O)c1cccc(NC(=O)C(C)Sc2nnc(-c3ccc(C)cc3)n2N)c1. The fourth-order valence-corrected chi connectivity index (χ4v) is 3.30. The standard InChI is InChI=1S/C20H21N5O2S/c1-12-7-9-15(10-8-12)18-23-24-20(25(18)21)28-14(3)19(27)22-17-6-4-5-16(11-17)13(2)26/h4-11,14H,21H2,1-3H3,(H,22,27). The monoisotopic (exact) mass is 395 g/mol. The van der Waals surface area contributed by atoms with Crippen LogP contribution in [0.4, 0.5) is 5.69 Å². The van der Waals surface area contributed by atoms with Gasteiger partial charge in [-0.2, -0.15) is 0 Å². The van der Waals surface area contributed by atoms with Crippen molar-refractivity contribution in [2.75, 3.05) is 11.2 Å². The quantitative estimate of drug-likeness (QED) is 0.377. The highest BCUT2D eigenvalue weighted by Crippen LogP contribution is 2.25. The number of ketones is 1. The number of thioether (sulfide) groups is 1. The Hall–Kier alpha value is -3.13. The number of nitrogens with one attached hydrogen (secondary N) is 1. The number of nitrogens with two attached hydrogens (primary N) is 1. The third kappa shape index (κ3) is 4.40. The van der Waals surface area contributed by atoms with Crippen LogP contribution in [-0.2, 0) is 4.79 Å². The van der Waals surface area contributed by atoms with E-state index in [0.717, 1.165) is 11.1 Å². The molecule has 1 aromatic heterocycles. The van der Waals surface area contributed by atoms with Gasteiger partial charge in [-0.25, -0.2) is 4.68 Å². The lowest BCUT2D eigenvalue weighted by molar-refractivity contribution is -0.115. The first-order valence-corrected chi connectivity index (χ1v) is 9.59. The lowest BCUT2D eigenvalue weighted by Gasteiger charge is -2.12. The molecule has 8 heteroatoms. The predicted octanol–water partition coefficient (Wildman–Crippen LogP) is 3.29. The molecule has 0 saturated carbocycles. The van der Waals surface area contributed by atoms with Gasteiger partial charge in [0.05, 0.1) is 5.25 Å². The lowest BCUT2D eigenvalue weighted by atomic mass is 10.1. The van der Waals surface area contributed by atoms with Crippen molar-refractivity contribution < 1.29 is 9.59 Å². The van der Waals surface area contributed by atoms with Crippen molar-refractivity contribution in [1.82, 2.24) is 14.9 Å². The zero-order valence-electron chi connectivity index (χ0n) is 15.8. The van der Waals surface area contributed by atoms with Crippen LogP contribution in [0, 0.1) is 6.92 Å². The van der Waals surface area contributed by atoms with Gasteiger partial charge in [-0.3, -0.25) is 9.59 Å². The zero-order valence-corrected chi connectivity index (χ0v) is 16.7. The smallest absolute Gasteiger partial charge is 0.237 e. The highest BCUT2D eigenvalue weighted by molar-refractivity contribution is 8.00. The van der Waals surface area contributed by atoms with E-state index in [1.54, 1.807) is 31.2 Å². The lowest BCUT2D eigenvalue weighted by Crippen LogP contribution is -2.23. The highest BCUT2D eigenvalue weighted by atomic mass is 32.2. The minimum Gasteiger partial charge on any atom is -0.335 e. The topological polar surface area (TPSA) is 103 Å². The summed E-state index contributed by atoms with van der Waals surface area (Å²) in [5.41, 5.74) is 3.11. The molecule has 1 amide bonds. The van der Waals surface area contributed by atoms with Crippen LogP contribution in [-0.4, -0.2) is 31.8 Å². The Balaban J connectivity index is 1.70. The summed E-state index contributed by atoms with van der Waals surface area (Å²) in [6, 6.07) is 14.6. The van der Waals surface area contributed by atoms with Crippen LogP contribution < -0.4 is 11.2 Å². The molecule has 1 atom stereocenters. The van der Waals surface area contributed by atoms with Crippen LogP contribution >= 0.6 is 11.8 Å². The van der Waals surface area contributed by atoms with Gasteiger partial charge in [0.2, 0.25) is 11.1 Å². The first-order valence-electron chi connectivity index (χ1n) is 8.71. The van der Waals surface area contributed by atoms with E-state index >= 15 is 0 Å². The second kappa shape index (κ2) is 8.26. The number of hydrogen-bond donors (Lipinski definition) is 2. The average molecular weight is 395 g/mol. The summed E-state index contributed by atoms with van der Waals surface area (Å²) in [4.78, 5) is 24.0. The third-order valence-electron chi connectivity index (χ3n) is 4.16. The number of anilines is 1. The molecule has 0 spiro atoms. The van der Waals surface area contributed by atoms with Gasteiger partial charge in [0.25, 0.3) is 0 Å². The minimum absolute atomic E-state index is 0.0570. The molecule has 0 bridgehead atoms. The number of nitrogens with zero attached hydrogens (tertiary/aromatic N) is 3. The first-order chi connectivity index (χ1) is 13.3. The first kappa shape index (κ1) is 19.6. The van der Waals surface area contributed by atoms with E-state index in [1.165, 1.54) is 23.4 Å². The molecule has 0 radical (unpaired) electrons. The largest absolute Gasteiger partial charge is 0.335 e. The number of carbonyl (C=O) groups excluding carboxylic acids is 2. The number of amides is 1. The Morgan fingerprint density at radius 1 is 1.14 bits per heavy atom. The number of hydrogen-bond acceptors (Lipinski definition) is 6. The number of benzene rings is 2. The number of carbonyl (C=O) groups is 2. The van der Waals surface area contributed by atoms with Crippen LogP contribution in [0.15, 0.2) is 53.7 Å². The van der Waals surface area contributed by atoms with Gasteiger partial charge in [-0.15, -0.1) is 10.2 Å². The summed E-state index contributed by atoms with van der Waals surface area (Å²) in [7, 11) is 0. The molecule has 28 heavy (non-hydrogen) atoms. The molecule has 0 saturated heterocycles. The van der Waals surface area contributed by atoms with Gasteiger partial charge in [0, 0.05) is 16.8 Å². The fraction of sp³-hybridized carbons (Fsp3) is 0.200. The summed E-state index contributed by atoms with van der Waals surface area (Å²) in [6.45, 7) is 5.25. The molecule has 1 unspecified atom stereocenters.